The standard InChI is InChI=1S/C13H13FN4O3/c1-21-10-3-2-7(6-8(10)14)9-4-5-15-13-16-11(12(19)20)17-18(9)13/h2-3,6,9H,4-5H2,1H3,(H,19,20)(H,15,16,17). The number of fused-ring (bicyclic) bond motifs is 1. The van der Waals surface area contributed by atoms with Crippen molar-refractivity contribution in [3.8, 4) is 5.75 Å². The number of halogens is 1. The van der Waals surface area contributed by atoms with Crippen LogP contribution in [-0.2, 0) is 0 Å². The minimum absolute atomic E-state index is 0.165. The molecular formula is C13H13FN4O3. The van der Waals surface area contributed by atoms with Gasteiger partial charge in [0, 0.05) is 6.54 Å². The van der Waals surface area contributed by atoms with E-state index in [1.807, 2.05) is 0 Å². The van der Waals surface area contributed by atoms with Crippen LogP contribution in [0, 0.1) is 5.82 Å². The summed E-state index contributed by atoms with van der Waals surface area (Å²) in [7, 11) is 1.40. The predicted molar refractivity (Wildman–Crippen MR) is 71.2 cm³/mol. The Morgan fingerprint density at radius 3 is 3.05 bits per heavy atom. The summed E-state index contributed by atoms with van der Waals surface area (Å²) in [4.78, 5) is 14.9. The van der Waals surface area contributed by atoms with Crippen molar-refractivity contribution in [1.82, 2.24) is 14.8 Å². The van der Waals surface area contributed by atoms with Gasteiger partial charge in [0.05, 0.1) is 13.2 Å². The lowest BCUT2D eigenvalue weighted by Crippen LogP contribution is -2.24. The van der Waals surface area contributed by atoms with Gasteiger partial charge in [-0.1, -0.05) is 6.07 Å². The van der Waals surface area contributed by atoms with Crippen LogP contribution in [0.25, 0.3) is 0 Å². The molecule has 1 aliphatic heterocycles. The van der Waals surface area contributed by atoms with Crippen molar-refractivity contribution in [3.05, 3.63) is 35.4 Å². The molecule has 0 aliphatic carbocycles. The number of ether oxygens (including phenoxy) is 1. The first-order valence-electron chi connectivity index (χ1n) is 6.37. The number of aromatic nitrogens is 3. The Labute approximate surface area is 119 Å². The van der Waals surface area contributed by atoms with Crippen LogP contribution in [0.1, 0.15) is 28.6 Å². The second kappa shape index (κ2) is 5.04. The summed E-state index contributed by atoms with van der Waals surface area (Å²) in [6.07, 6.45) is 0.654. The smallest absolute Gasteiger partial charge is 0.375 e. The molecule has 1 aromatic carbocycles. The van der Waals surface area contributed by atoms with Crippen molar-refractivity contribution >= 4 is 11.9 Å². The van der Waals surface area contributed by atoms with E-state index in [4.69, 9.17) is 9.84 Å². The number of carbonyl (C=O) groups is 1. The Kier molecular flexibility index (Phi) is 3.20. The number of nitrogens with zero attached hydrogens (tertiary/aromatic N) is 3. The van der Waals surface area contributed by atoms with Crippen molar-refractivity contribution < 1.29 is 19.0 Å². The highest BCUT2D eigenvalue weighted by Crippen LogP contribution is 2.30. The summed E-state index contributed by atoms with van der Waals surface area (Å²) in [6, 6.07) is 4.40. The van der Waals surface area contributed by atoms with E-state index < -0.39 is 11.8 Å². The first-order chi connectivity index (χ1) is 10.1. The van der Waals surface area contributed by atoms with Crippen LogP contribution in [0.4, 0.5) is 10.3 Å². The largest absolute Gasteiger partial charge is 0.494 e. The first kappa shape index (κ1) is 13.3. The summed E-state index contributed by atoms with van der Waals surface area (Å²) in [5.41, 5.74) is 0.692. The van der Waals surface area contributed by atoms with Gasteiger partial charge < -0.3 is 15.2 Å². The number of hydrogen-bond acceptors (Lipinski definition) is 5. The molecule has 2 aromatic rings. The van der Waals surface area contributed by atoms with Gasteiger partial charge in [-0.3, -0.25) is 0 Å². The summed E-state index contributed by atoms with van der Waals surface area (Å²) in [6.45, 7) is 0.607. The summed E-state index contributed by atoms with van der Waals surface area (Å²) < 4.78 is 20.2. The Morgan fingerprint density at radius 1 is 1.57 bits per heavy atom. The van der Waals surface area contributed by atoms with Crippen LogP contribution >= 0.6 is 0 Å². The number of carboxylic acids is 1. The molecule has 1 atom stereocenters. The fourth-order valence-corrected chi connectivity index (χ4v) is 2.39. The average molecular weight is 292 g/mol. The molecule has 0 fully saturated rings. The van der Waals surface area contributed by atoms with Crippen molar-refractivity contribution in [2.24, 2.45) is 0 Å². The van der Waals surface area contributed by atoms with Gasteiger partial charge in [0.1, 0.15) is 0 Å². The molecule has 7 nitrogen and oxygen atoms in total. The molecule has 2 heterocycles. The number of nitrogens with one attached hydrogen (secondary N) is 1. The summed E-state index contributed by atoms with van der Waals surface area (Å²) >= 11 is 0. The minimum atomic E-state index is -1.20. The van der Waals surface area contributed by atoms with E-state index in [0.717, 1.165) is 0 Å². The molecule has 3 rings (SSSR count). The second-order valence-electron chi connectivity index (χ2n) is 4.63. The maximum Gasteiger partial charge on any atom is 0.375 e. The van der Waals surface area contributed by atoms with Gasteiger partial charge in [-0.2, -0.15) is 4.98 Å². The zero-order valence-corrected chi connectivity index (χ0v) is 11.2. The predicted octanol–water partition coefficient (Wildman–Crippen LogP) is 1.53. The Balaban J connectivity index is 2.01. The van der Waals surface area contributed by atoms with Crippen molar-refractivity contribution in [2.45, 2.75) is 12.5 Å². The van der Waals surface area contributed by atoms with Gasteiger partial charge in [-0.05, 0) is 24.1 Å². The van der Waals surface area contributed by atoms with Crippen LogP contribution in [0.15, 0.2) is 18.2 Å². The molecule has 110 valence electrons. The molecule has 2 N–H and O–H groups in total. The van der Waals surface area contributed by atoms with E-state index in [1.165, 1.54) is 17.9 Å². The topological polar surface area (TPSA) is 89.3 Å². The third-order valence-electron chi connectivity index (χ3n) is 3.38. The molecule has 0 radical (unpaired) electrons. The fraction of sp³-hybridized carbons (Fsp3) is 0.308. The van der Waals surface area contributed by atoms with E-state index in [9.17, 15) is 9.18 Å². The van der Waals surface area contributed by atoms with Crippen molar-refractivity contribution in [1.29, 1.82) is 0 Å². The molecule has 0 bridgehead atoms. The van der Waals surface area contributed by atoms with Gasteiger partial charge in [0.25, 0.3) is 5.82 Å². The highest BCUT2D eigenvalue weighted by molar-refractivity contribution is 5.83. The van der Waals surface area contributed by atoms with Gasteiger partial charge in [0.2, 0.25) is 5.95 Å². The molecule has 0 amide bonds. The monoisotopic (exact) mass is 292 g/mol. The molecule has 0 spiro atoms. The molecule has 1 unspecified atom stereocenters. The number of anilines is 1. The summed E-state index contributed by atoms with van der Waals surface area (Å²) in [5.74, 6) is -1.40. The van der Waals surface area contributed by atoms with E-state index in [2.05, 4.69) is 15.4 Å². The number of aromatic carboxylic acids is 1. The molecule has 21 heavy (non-hydrogen) atoms. The van der Waals surface area contributed by atoms with E-state index >= 15 is 0 Å². The van der Waals surface area contributed by atoms with Crippen LogP contribution < -0.4 is 10.1 Å². The summed E-state index contributed by atoms with van der Waals surface area (Å²) in [5, 5.41) is 15.9. The minimum Gasteiger partial charge on any atom is -0.494 e. The van der Waals surface area contributed by atoms with Gasteiger partial charge in [0.15, 0.2) is 11.6 Å². The molecule has 0 saturated carbocycles. The third kappa shape index (κ3) is 2.28. The highest BCUT2D eigenvalue weighted by atomic mass is 19.1. The molecule has 1 aromatic heterocycles. The van der Waals surface area contributed by atoms with Gasteiger partial charge in [-0.15, -0.1) is 5.10 Å². The molecular weight excluding hydrogens is 279 g/mol. The van der Waals surface area contributed by atoms with E-state index in [0.29, 0.717) is 24.5 Å². The maximum absolute atomic E-state index is 13.8. The zero-order chi connectivity index (χ0) is 15.0. The molecule has 8 heteroatoms. The van der Waals surface area contributed by atoms with Crippen LogP contribution in [0.3, 0.4) is 0 Å². The Morgan fingerprint density at radius 2 is 2.38 bits per heavy atom. The normalized spacial score (nSPS) is 17.0. The number of rotatable bonds is 3. The molecule has 0 saturated heterocycles. The number of carboxylic acid groups (broad SMARTS) is 1. The quantitative estimate of drug-likeness (QED) is 0.891. The Bertz CT molecular complexity index is 701. The SMILES string of the molecule is COc1ccc(C2CCNc3nc(C(=O)O)nn32)cc1F. The lowest BCUT2D eigenvalue weighted by atomic mass is 10.0. The van der Waals surface area contributed by atoms with E-state index in [-0.39, 0.29) is 17.6 Å². The highest BCUT2D eigenvalue weighted by Gasteiger charge is 2.26. The molecule has 1 aliphatic rings. The number of benzene rings is 1. The third-order valence-corrected chi connectivity index (χ3v) is 3.38. The average Bonchev–Trinajstić information content (AvgIpc) is 2.91. The van der Waals surface area contributed by atoms with Gasteiger partial charge in [-0.25, -0.2) is 13.9 Å². The van der Waals surface area contributed by atoms with Crippen LogP contribution in [-0.4, -0.2) is 39.5 Å². The van der Waals surface area contributed by atoms with E-state index in [1.54, 1.807) is 12.1 Å². The lowest BCUT2D eigenvalue weighted by molar-refractivity contribution is 0.0683. The van der Waals surface area contributed by atoms with Crippen LogP contribution in [0.5, 0.6) is 5.75 Å². The zero-order valence-electron chi connectivity index (χ0n) is 11.2. The van der Waals surface area contributed by atoms with Gasteiger partial charge >= 0.3 is 5.97 Å². The van der Waals surface area contributed by atoms with Crippen LogP contribution in [0.2, 0.25) is 0 Å². The maximum atomic E-state index is 13.8. The lowest BCUT2D eigenvalue weighted by Gasteiger charge is -2.24. The second-order valence-corrected chi connectivity index (χ2v) is 4.63. The van der Waals surface area contributed by atoms with Crippen molar-refractivity contribution in [2.75, 3.05) is 19.0 Å². The fourth-order valence-electron chi connectivity index (χ4n) is 2.39. The first-order valence-corrected chi connectivity index (χ1v) is 6.37. The van der Waals surface area contributed by atoms with Crippen molar-refractivity contribution in [3.63, 3.8) is 0 Å². The number of hydrogen-bond donors (Lipinski definition) is 2. The number of methoxy groups -OCH3 is 1. The Hall–Kier alpha value is -2.64.